The van der Waals surface area contributed by atoms with E-state index in [1.54, 1.807) is 32.7 Å². The third kappa shape index (κ3) is 3.72. The van der Waals surface area contributed by atoms with Crippen molar-refractivity contribution in [3.8, 4) is 0 Å². The highest BCUT2D eigenvalue weighted by Crippen LogP contribution is 2.20. The summed E-state index contributed by atoms with van der Waals surface area (Å²) in [6.07, 6.45) is 1.93. The van der Waals surface area contributed by atoms with Gasteiger partial charge in [-0.25, -0.2) is 4.79 Å². The van der Waals surface area contributed by atoms with Gasteiger partial charge in [0, 0.05) is 27.7 Å². The van der Waals surface area contributed by atoms with Gasteiger partial charge in [-0.2, -0.15) is 5.10 Å². The second kappa shape index (κ2) is 6.93. The van der Waals surface area contributed by atoms with Crippen LogP contribution in [0.5, 0.6) is 0 Å². The first-order valence-corrected chi connectivity index (χ1v) is 6.68. The number of nitrogens with zero attached hydrogens (tertiary/aromatic N) is 3. The molecule has 0 saturated carbocycles. The third-order valence-corrected chi connectivity index (χ3v) is 3.00. The van der Waals surface area contributed by atoms with Crippen LogP contribution >= 0.6 is 0 Å². The largest absolute Gasteiger partial charge is 0.343 e. The quantitative estimate of drug-likeness (QED) is 0.800. The molecule has 1 rings (SSSR count). The summed E-state index contributed by atoms with van der Waals surface area (Å²) in [5, 5.41) is 9.63. The highest BCUT2D eigenvalue weighted by molar-refractivity contribution is 6.02. The lowest BCUT2D eigenvalue weighted by atomic mass is 10.2. The topological polar surface area (TPSA) is 79.3 Å². The van der Waals surface area contributed by atoms with Crippen LogP contribution in [0.25, 0.3) is 0 Å². The van der Waals surface area contributed by atoms with Gasteiger partial charge in [0.05, 0.1) is 11.4 Å². The fourth-order valence-electron chi connectivity index (χ4n) is 1.66. The molecule has 7 heteroatoms. The second-order valence-electron chi connectivity index (χ2n) is 4.87. The molecular formula is C13H23N5O2. The van der Waals surface area contributed by atoms with Crippen LogP contribution in [0.2, 0.25) is 0 Å². The van der Waals surface area contributed by atoms with E-state index >= 15 is 0 Å². The van der Waals surface area contributed by atoms with Crippen molar-refractivity contribution in [2.24, 2.45) is 7.05 Å². The maximum atomic E-state index is 12.1. The van der Waals surface area contributed by atoms with Crippen molar-refractivity contribution in [3.05, 3.63) is 11.4 Å². The molecule has 3 amide bonds. The molecule has 0 aliphatic heterocycles. The number of carbonyl (C=O) groups is 2. The number of unbranched alkanes of at least 4 members (excludes halogenated alkanes) is 1. The van der Waals surface area contributed by atoms with E-state index in [4.69, 9.17) is 0 Å². The fraction of sp³-hybridized carbons (Fsp3) is 0.615. The van der Waals surface area contributed by atoms with E-state index in [0.717, 1.165) is 18.5 Å². The predicted octanol–water partition coefficient (Wildman–Crippen LogP) is 1.35. The summed E-state index contributed by atoms with van der Waals surface area (Å²) in [5.41, 5.74) is 1.45. The normalized spacial score (nSPS) is 10.2. The van der Waals surface area contributed by atoms with Gasteiger partial charge in [0.25, 0.3) is 5.91 Å². The summed E-state index contributed by atoms with van der Waals surface area (Å²) in [4.78, 5) is 25.3. The molecule has 0 aliphatic rings. The van der Waals surface area contributed by atoms with Crippen molar-refractivity contribution in [2.45, 2.75) is 26.7 Å². The third-order valence-electron chi connectivity index (χ3n) is 3.00. The lowest BCUT2D eigenvalue weighted by Crippen LogP contribution is -2.31. The Labute approximate surface area is 119 Å². The Bertz CT molecular complexity index is 493. The fourth-order valence-corrected chi connectivity index (χ4v) is 1.66. The van der Waals surface area contributed by atoms with Gasteiger partial charge < -0.3 is 15.5 Å². The molecule has 0 bridgehead atoms. The van der Waals surface area contributed by atoms with Gasteiger partial charge in [-0.15, -0.1) is 0 Å². The summed E-state index contributed by atoms with van der Waals surface area (Å²) < 4.78 is 1.58. The lowest BCUT2D eigenvalue weighted by Gasteiger charge is -2.11. The SMILES string of the molecule is CCCCNC(=O)Nc1c(C(=O)N(C)C)nn(C)c1C. The molecule has 20 heavy (non-hydrogen) atoms. The number of hydrogen-bond donors (Lipinski definition) is 2. The van der Waals surface area contributed by atoms with Crippen molar-refractivity contribution in [1.29, 1.82) is 0 Å². The minimum atomic E-state index is -0.317. The molecular weight excluding hydrogens is 258 g/mol. The molecule has 1 aromatic rings. The Kier molecular flexibility index (Phi) is 5.54. The van der Waals surface area contributed by atoms with Gasteiger partial charge in [0.15, 0.2) is 5.69 Å². The first kappa shape index (κ1) is 16.0. The minimum absolute atomic E-state index is 0.238. The number of amides is 3. The molecule has 0 radical (unpaired) electrons. The van der Waals surface area contributed by atoms with Crippen molar-refractivity contribution in [2.75, 3.05) is 26.0 Å². The van der Waals surface area contributed by atoms with Gasteiger partial charge >= 0.3 is 6.03 Å². The van der Waals surface area contributed by atoms with Gasteiger partial charge in [0.2, 0.25) is 0 Å². The predicted molar refractivity (Wildman–Crippen MR) is 77.9 cm³/mol. The average Bonchev–Trinajstić information content (AvgIpc) is 2.66. The van der Waals surface area contributed by atoms with E-state index in [-0.39, 0.29) is 17.6 Å². The van der Waals surface area contributed by atoms with Crippen molar-refractivity contribution in [1.82, 2.24) is 20.0 Å². The highest BCUT2D eigenvalue weighted by Gasteiger charge is 2.22. The Morgan fingerprint density at radius 1 is 1.35 bits per heavy atom. The van der Waals surface area contributed by atoms with Gasteiger partial charge in [-0.3, -0.25) is 9.48 Å². The summed E-state index contributed by atoms with van der Waals surface area (Å²) in [7, 11) is 5.04. The average molecular weight is 281 g/mol. The van der Waals surface area contributed by atoms with E-state index in [1.165, 1.54) is 4.90 Å². The number of nitrogens with one attached hydrogen (secondary N) is 2. The van der Waals surface area contributed by atoms with E-state index in [9.17, 15) is 9.59 Å². The van der Waals surface area contributed by atoms with Crippen LogP contribution in [0.4, 0.5) is 10.5 Å². The lowest BCUT2D eigenvalue weighted by molar-refractivity contribution is 0.0822. The zero-order chi connectivity index (χ0) is 15.3. The molecule has 0 aromatic carbocycles. The first-order chi connectivity index (χ1) is 9.38. The smallest absolute Gasteiger partial charge is 0.319 e. The van der Waals surface area contributed by atoms with Crippen LogP contribution in [0, 0.1) is 6.92 Å². The number of anilines is 1. The van der Waals surface area contributed by atoms with Gasteiger partial charge in [-0.05, 0) is 13.3 Å². The molecule has 1 heterocycles. The monoisotopic (exact) mass is 281 g/mol. The van der Waals surface area contributed by atoms with E-state index in [2.05, 4.69) is 22.7 Å². The number of hydrogen-bond acceptors (Lipinski definition) is 3. The van der Waals surface area contributed by atoms with E-state index in [1.807, 2.05) is 0 Å². The van der Waals surface area contributed by atoms with Crippen LogP contribution in [-0.2, 0) is 7.05 Å². The van der Waals surface area contributed by atoms with Crippen LogP contribution in [-0.4, -0.2) is 47.3 Å². The van der Waals surface area contributed by atoms with Crippen molar-refractivity contribution < 1.29 is 9.59 Å². The zero-order valence-electron chi connectivity index (χ0n) is 12.8. The van der Waals surface area contributed by atoms with E-state index < -0.39 is 0 Å². The Balaban J connectivity index is 2.88. The maximum Gasteiger partial charge on any atom is 0.319 e. The van der Waals surface area contributed by atoms with E-state index in [0.29, 0.717) is 12.2 Å². The number of urea groups is 1. The summed E-state index contributed by atoms with van der Waals surface area (Å²) in [5.74, 6) is -0.238. The number of aromatic nitrogens is 2. The standard InChI is InChI=1S/C13H23N5O2/c1-6-7-8-14-13(20)15-10-9(2)18(5)16-11(10)12(19)17(3)4/h6-8H2,1-5H3,(H2,14,15,20). The molecule has 0 atom stereocenters. The Hall–Kier alpha value is -2.05. The molecule has 0 unspecified atom stereocenters. The molecule has 2 N–H and O–H groups in total. The first-order valence-electron chi connectivity index (χ1n) is 6.68. The zero-order valence-corrected chi connectivity index (χ0v) is 12.8. The molecule has 0 fully saturated rings. The molecule has 0 aliphatic carbocycles. The van der Waals surface area contributed by atoms with Crippen molar-refractivity contribution >= 4 is 17.6 Å². The molecule has 0 saturated heterocycles. The Morgan fingerprint density at radius 3 is 2.55 bits per heavy atom. The van der Waals surface area contributed by atoms with Crippen molar-refractivity contribution in [3.63, 3.8) is 0 Å². The number of rotatable bonds is 5. The second-order valence-corrected chi connectivity index (χ2v) is 4.87. The molecule has 7 nitrogen and oxygen atoms in total. The number of aryl methyl sites for hydroxylation is 1. The van der Waals surface area contributed by atoms with Crippen LogP contribution in [0.1, 0.15) is 35.9 Å². The molecule has 1 aromatic heterocycles. The van der Waals surface area contributed by atoms with Gasteiger partial charge in [0.1, 0.15) is 0 Å². The van der Waals surface area contributed by atoms with Gasteiger partial charge in [-0.1, -0.05) is 13.3 Å². The molecule has 112 valence electrons. The minimum Gasteiger partial charge on any atom is -0.343 e. The summed E-state index contributed by atoms with van der Waals surface area (Å²) >= 11 is 0. The highest BCUT2D eigenvalue weighted by atomic mass is 16.2. The van der Waals surface area contributed by atoms with Crippen LogP contribution in [0.3, 0.4) is 0 Å². The number of carbonyl (C=O) groups excluding carboxylic acids is 2. The Morgan fingerprint density at radius 2 is 2.00 bits per heavy atom. The summed E-state index contributed by atoms with van der Waals surface area (Å²) in [6, 6.07) is -0.317. The van der Waals surface area contributed by atoms with Crippen LogP contribution in [0.15, 0.2) is 0 Å². The summed E-state index contributed by atoms with van der Waals surface area (Å²) in [6.45, 7) is 4.47. The maximum absolute atomic E-state index is 12.1. The molecule has 0 spiro atoms. The van der Waals surface area contributed by atoms with Crippen LogP contribution < -0.4 is 10.6 Å².